The van der Waals surface area contributed by atoms with Gasteiger partial charge in [-0.1, -0.05) is 45.9 Å². The Bertz CT molecular complexity index is 926. The molecule has 1 aromatic rings. The van der Waals surface area contributed by atoms with Gasteiger partial charge in [-0.15, -0.1) is 0 Å². The van der Waals surface area contributed by atoms with Crippen LogP contribution in [0.15, 0.2) is 41.5 Å². The van der Waals surface area contributed by atoms with Crippen molar-refractivity contribution in [2.45, 2.75) is 65.7 Å². The predicted molar refractivity (Wildman–Crippen MR) is 150 cm³/mol. The highest BCUT2D eigenvalue weighted by molar-refractivity contribution is 5.97. The molecule has 1 heterocycles. The van der Waals surface area contributed by atoms with E-state index in [4.69, 9.17) is 25.4 Å². The summed E-state index contributed by atoms with van der Waals surface area (Å²) in [5.74, 6) is -0.266. The zero-order chi connectivity index (χ0) is 30.4. The van der Waals surface area contributed by atoms with E-state index in [0.717, 1.165) is 32.3 Å². The van der Waals surface area contributed by atoms with E-state index in [1.165, 1.54) is 12.1 Å². The van der Waals surface area contributed by atoms with Crippen molar-refractivity contribution >= 4 is 30.5 Å². The average molecular weight is 553 g/mol. The average Bonchev–Trinajstić information content (AvgIpc) is 3.38. The number of carboxylic acid groups (broad SMARTS) is 1. The summed E-state index contributed by atoms with van der Waals surface area (Å²) < 4.78 is 11.6. The number of amides is 1. The summed E-state index contributed by atoms with van der Waals surface area (Å²) >= 11 is 0. The molecule has 11 nitrogen and oxygen atoms in total. The Hall–Kier alpha value is -3.41. The number of nitrogens with two attached hydrogens (primary N) is 1. The van der Waals surface area contributed by atoms with Gasteiger partial charge >= 0.3 is 11.9 Å². The highest BCUT2D eigenvalue weighted by atomic mass is 16.6. The van der Waals surface area contributed by atoms with Crippen LogP contribution in [0, 0.1) is 5.92 Å². The fourth-order valence-electron chi connectivity index (χ4n) is 3.02. The maximum absolute atomic E-state index is 11.4. The Morgan fingerprint density at radius 2 is 1.77 bits per heavy atom. The van der Waals surface area contributed by atoms with Crippen LogP contribution in [0.4, 0.5) is 0 Å². The molecule has 0 radical (unpaired) electrons. The van der Waals surface area contributed by atoms with Gasteiger partial charge in [-0.2, -0.15) is 4.99 Å². The van der Waals surface area contributed by atoms with E-state index in [1.54, 1.807) is 18.2 Å². The summed E-state index contributed by atoms with van der Waals surface area (Å²) in [5.41, 5.74) is 5.80. The highest BCUT2D eigenvalue weighted by Gasteiger charge is 2.36. The van der Waals surface area contributed by atoms with Crippen LogP contribution in [-0.2, 0) is 19.1 Å². The molecule has 1 aliphatic rings. The zero-order valence-electron chi connectivity index (χ0n) is 24.2. The molecule has 0 aliphatic carbocycles. The molecule has 11 heteroatoms. The van der Waals surface area contributed by atoms with Crippen molar-refractivity contribution in [1.82, 2.24) is 0 Å². The van der Waals surface area contributed by atoms with Crippen LogP contribution in [0.1, 0.15) is 74.1 Å². The Balaban J connectivity index is 0. The Labute approximate surface area is 231 Å². The zero-order valence-corrected chi connectivity index (χ0v) is 24.2. The lowest BCUT2D eigenvalue weighted by Crippen LogP contribution is -2.44. The maximum Gasteiger partial charge on any atom is 0.336 e. The van der Waals surface area contributed by atoms with Gasteiger partial charge in [-0.25, -0.2) is 4.79 Å². The van der Waals surface area contributed by atoms with Crippen molar-refractivity contribution in [3.05, 3.63) is 47.7 Å². The number of carbonyl (C=O) groups excluding carboxylic acids is 3. The minimum atomic E-state index is -1.08. The summed E-state index contributed by atoms with van der Waals surface area (Å²) in [6.07, 6.45) is 7.17. The molecule has 2 unspecified atom stereocenters. The number of carboxylic acids is 1. The Morgan fingerprint density at radius 1 is 1.18 bits per heavy atom. The standard InChI is InChI=1S/C15H25N3O4.C8H6O3.C4H10.CH4O/c1-4-5-15(20)21-10-12-6-7-14(22-12)18(2,3)9-8-13(16)17-11-19;9-5-6-3-1-2-4-7(6)8(10)11;1-4(2)3;1-2/h8-9,11-12,14H,4-7,10H2,1-3H3,(H-,16,17,19);1-5H,(H,10,11);4H,1-3H3;2H,1H3/p+1/b9-8-;;;. The van der Waals surface area contributed by atoms with Gasteiger partial charge < -0.3 is 25.4 Å². The minimum absolute atomic E-state index is 0.0440. The molecule has 2 rings (SSSR count). The van der Waals surface area contributed by atoms with Crippen LogP contribution in [0.3, 0.4) is 0 Å². The first-order valence-electron chi connectivity index (χ1n) is 12.7. The number of aliphatic hydroxyl groups is 1. The van der Waals surface area contributed by atoms with Crippen molar-refractivity contribution < 1.29 is 43.3 Å². The number of aromatic carboxylic acids is 1. The number of aliphatic imine (C=N–C) groups is 1. The number of rotatable bonds is 10. The smallest absolute Gasteiger partial charge is 0.336 e. The largest absolute Gasteiger partial charge is 0.478 e. The second-order valence-corrected chi connectivity index (χ2v) is 9.57. The molecule has 220 valence electrons. The van der Waals surface area contributed by atoms with Crippen molar-refractivity contribution in [3.8, 4) is 0 Å². The number of quaternary nitrogens is 1. The number of aldehydes is 1. The van der Waals surface area contributed by atoms with Gasteiger partial charge in [0.05, 0.1) is 25.8 Å². The molecule has 2 atom stereocenters. The van der Waals surface area contributed by atoms with Gasteiger partial charge in [0.1, 0.15) is 18.6 Å². The summed E-state index contributed by atoms with van der Waals surface area (Å²) in [6, 6.07) is 6.06. The first kappa shape index (κ1) is 37.7. The Kier molecular flexibility index (Phi) is 20.8. The van der Waals surface area contributed by atoms with E-state index in [2.05, 4.69) is 25.8 Å². The number of nitrogens with zero attached hydrogens (tertiary/aromatic N) is 2. The molecule has 1 fully saturated rings. The van der Waals surface area contributed by atoms with Crippen molar-refractivity contribution in [2.24, 2.45) is 16.6 Å². The number of hydrogen-bond donors (Lipinski definition) is 3. The molecule has 0 bridgehead atoms. The second kappa shape index (κ2) is 21.5. The highest BCUT2D eigenvalue weighted by Crippen LogP contribution is 2.26. The van der Waals surface area contributed by atoms with Crippen molar-refractivity contribution in [1.29, 1.82) is 0 Å². The van der Waals surface area contributed by atoms with E-state index in [9.17, 15) is 19.2 Å². The lowest BCUT2D eigenvalue weighted by molar-refractivity contribution is -0.889. The summed E-state index contributed by atoms with van der Waals surface area (Å²) in [5, 5.41) is 15.5. The van der Waals surface area contributed by atoms with E-state index in [1.807, 2.05) is 27.2 Å². The predicted octanol–water partition coefficient (Wildman–Crippen LogP) is 3.41. The summed E-state index contributed by atoms with van der Waals surface area (Å²) in [4.78, 5) is 45.8. The number of hydrogen-bond acceptors (Lipinski definition) is 7. The van der Waals surface area contributed by atoms with E-state index < -0.39 is 5.97 Å². The number of ether oxygens (including phenoxy) is 2. The quantitative estimate of drug-likeness (QED) is 0.130. The number of esters is 1. The molecule has 0 saturated carbocycles. The first-order chi connectivity index (χ1) is 18.4. The van der Waals surface area contributed by atoms with E-state index in [-0.39, 0.29) is 35.3 Å². The molecular weight excluding hydrogens is 506 g/mol. The van der Waals surface area contributed by atoms with Gasteiger partial charge in [0.25, 0.3) is 0 Å². The SMILES string of the molecule is CC(C)C.CCCC(=O)OCC1CCC([N+](C)(C)/C=C\C(N)=NC=O)O1.CO.O=Cc1ccccc1C(=O)O. The molecule has 0 aromatic heterocycles. The monoisotopic (exact) mass is 552 g/mol. The number of benzene rings is 1. The first-order valence-corrected chi connectivity index (χ1v) is 12.7. The fraction of sp³-hybridized carbons (Fsp3) is 0.536. The van der Waals surface area contributed by atoms with Crippen molar-refractivity contribution in [2.75, 3.05) is 27.8 Å². The van der Waals surface area contributed by atoms with Crippen LogP contribution in [0.2, 0.25) is 0 Å². The molecule has 1 aliphatic heterocycles. The third-order valence-electron chi connectivity index (χ3n) is 4.86. The van der Waals surface area contributed by atoms with Gasteiger partial charge in [0.2, 0.25) is 6.41 Å². The molecule has 1 amide bonds. The lowest BCUT2D eigenvalue weighted by atomic mass is 10.1. The molecular formula is C28H46N3O8+. The van der Waals surface area contributed by atoms with Crippen LogP contribution in [-0.4, -0.2) is 85.3 Å². The van der Waals surface area contributed by atoms with Gasteiger partial charge in [0.15, 0.2) is 12.5 Å². The molecule has 0 spiro atoms. The van der Waals surface area contributed by atoms with Crippen LogP contribution in [0.5, 0.6) is 0 Å². The number of amidine groups is 1. The maximum atomic E-state index is 11.4. The molecule has 4 N–H and O–H groups in total. The molecule has 1 saturated heterocycles. The summed E-state index contributed by atoms with van der Waals surface area (Å²) in [7, 11) is 4.95. The lowest BCUT2D eigenvalue weighted by Gasteiger charge is -2.31. The van der Waals surface area contributed by atoms with Crippen LogP contribution in [0.25, 0.3) is 0 Å². The molecule has 1 aromatic carbocycles. The van der Waals surface area contributed by atoms with Gasteiger partial charge in [-0.3, -0.25) is 18.9 Å². The van der Waals surface area contributed by atoms with Crippen molar-refractivity contribution in [3.63, 3.8) is 0 Å². The normalized spacial score (nSPS) is 16.6. The van der Waals surface area contributed by atoms with Gasteiger partial charge in [-0.05, 0) is 24.8 Å². The number of aliphatic hydroxyl groups excluding tert-OH is 1. The second-order valence-electron chi connectivity index (χ2n) is 9.57. The van der Waals surface area contributed by atoms with Crippen LogP contribution < -0.4 is 5.73 Å². The van der Waals surface area contributed by atoms with E-state index >= 15 is 0 Å². The molecule has 39 heavy (non-hydrogen) atoms. The Morgan fingerprint density at radius 3 is 2.26 bits per heavy atom. The van der Waals surface area contributed by atoms with E-state index in [0.29, 0.717) is 30.2 Å². The third-order valence-corrected chi connectivity index (χ3v) is 4.86. The minimum Gasteiger partial charge on any atom is -0.478 e. The third kappa shape index (κ3) is 17.7. The number of carbonyl (C=O) groups is 4. The summed E-state index contributed by atoms with van der Waals surface area (Å²) in [6.45, 7) is 8.74. The fourth-order valence-corrected chi connectivity index (χ4v) is 3.02. The topological polar surface area (TPSA) is 166 Å². The van der Waals surface area contributed by atoms with Gasteiger partial charge in [0, 0.05) is 31.6 Å². The van der Waals surface area contributed by atoms with Crippen LogP contribution >= 0.6 is 0 Å².